The first-order valence-corrected chi connectivity index (χ1v) is 13.0. The Bertz CT molecular complexity index is 1320. The van der Waals surface area contributed by atoms with E-state index in [0.29, 0.717) is 17.1 Å². The number of hydrogen-bond donors (Lipinski definition) is 3. The Morgan fingerprint density at radius 1 is 1.11 bits per heavy atom. The van der Waals surface area contributed by atoms with Gasteiger partial charge < -0.3 is 19.5 Å². The lowest BCUT2D eigenvalue weighted by Gasteiger charge is -2.25. The summed E-state index contributed by atoms with van der Waals surface area (Å²) in [4.78, 5) is 31.8. The molecule has 4 aromatic rings. The van der Waals surface area contributed by atoms with Gasteiger partial charge in [0.05, 0.1) is 28.5 Å². The van der Waals surface area contributed by atoms with Gasteiger partial charge in [-0.15, -0.1) is 16.1 Å². The highest BCUT2D eigenvalue weighted by atomic mass is 32.2. The average molecular weight is 524 g/mol. The van der Waals surface area contributed by atoms with Crippen molar-refractivity contribution in [1.82, 2.24) is 15.0 Å². The van der Waals surface area contributed by atoms with E-state index < -0.39 is 23.6 Å². The van der Waals surface area contributed by atoms with E-state index in [4.69, 9.17) is 4.74 Å². The number of aromatic nitrogens is 1. The zero-order valence-electron chi connectivity index (χ0n) is 19.6. The molecule has 4 rings (SSSR count). The number of methoxy groups -OCH3 is 1. The lowest BCUT2D eigenvalue weighted by Crippen LogP contribution is -2.53. The van der Waals surface area contributed by atoms with Crippen molar-refractivity contribution >= 4 is 56.4 Å². The van der Waals surface area contributed by atoms with Crippen LogP contribution in [0.15, 0.2) is 78.3 Å². The van der Waals surface area contributed by atoms with Crippen molar-refractivity contribution in [2.75, 3.05) is 23.8 Å². The first kappa shape index (κ1) is 25.3. The third kappa shape index (κ3) is 6.45. The van der Waals surface area contributed by atoms with Gasteiger partial charge in [-0.3, -0.25) is 4.79 Å². The Morgan fingerprint density at radius 2 is 1.86 bits per heavy atom. The van der Waals surface area contributed by atoms with Gasteiger partial charge in [-0.25, -0.2) is 9.78 Å². The standard InChI is InChI=1S/C25H25N5O4S2/c1-30(19-9-11-20(34-2)12-10-19)24(31)22(14-17-6-4-3-5-7-17)27-25(32)29-36(33)28-18-8-13-21-23(15-18)35-16-26-21/h3-13,15-16,22,28H,14H2,1-2H3,(H2,27,29,32)/t22-,36?/m0/s1. The van der Waals surface area contributed by atoms with Crippen LogP contribution in [0.4, 0.5) is 16.2 Å². The number of thiazole rings is 1. The SMILES string of the molecule is COc1ccc(N(C)C(=O)[C@H](Cc2ccccc2)NC(=O)N[S+]([O-])Nc2ccc3ncsc3c2)cc1. The molecule has 0 bridgehead atoms. The van der Waals surface area contributed by atoms with Crippen LogP contribution in [0, 0.1) is 0 Å². The fraction of sp³-hybridized carbons (Fsp3) is 0.160. The van der Waals surface area contributed by atoms with E-state index in [1.54, 1.807) is 62.1 Å². The second-order valence-electron chi connectivity index (χ2n) is 7.82. The van der Waals surface area contributed by atoms with E-state index in [-0.39, 0.29) is 12.3 Å². The lowest BCUT2D eigenvalue weighted by atomic mass is 10.0. The molecule has 9 nitrogen and oxygen atoms in total. The predicted octanol–water partition coefficient (Wildman–Crippen LogP) is 3.87. The fourth-order valence-corrected chi connectivity index (χ4v) is 4.88. The number of carbonyl (C=O) groups is 2. The molecule has 1 heterocycles. The summed E-state index contributed by atoms with van der Waals surface area (Å²) in [5.41, 5.74) is 4.65. The van der Waals surface area contributed by atoms with Crippen molar-refractivity contribution in [1.29, 1.82) is 0 Å². The molecule has 0 aliphatic heterocycles. The van der Waals surface area contributed by atoms with Crippen LogP contribution in [0.5, 0.6) is 5.75 Å². The summed E-state index contributed by atoms with van der Waals surface area (Å²) in [6, 6.07) is 20.1. The van der Waals surface area contributed by atoms with Gasteiger partial charge in [0, 0.05) is 19.2 Å². The average Bonchev–Trinajstić information content (AvgIpc) is 3.36. The number of fused-ring (bicyclic) bond motifs is 1. The van der Waals surface area contributed by atoms with E-state index in [2.05, 4.69) is 19.7 Å². The number of urea groups is 1. The number of rotatable bonds is 9. The maximum Gasteiger partial charge on any atom is 0.358 e. The summed E-state index contributed by atoms with van der Waals surface area (Å²) in [6.07, 6.45) is 0.260. The summed E-state index contributed by atoms with van der Waals surface area (Å²) >= 11 is -0.466. The highest BCUT2D eigenvalue weighted by Crippen LogP contribution is 2.22. The van der Waals surface area contributed by atoms with Gasteiger partial charge in [0.1, 0.15) is 11.8 Å². The highest BCUT2D eigenvalue weighted by molar-refractivity contribution is 7.91. The van der Waals surface area contributed by atoms with Crippen LogP contribution in [0.1, 0.15) is 5.56 Å². The molecule has 36 heavy (non-hydrogen) atoms. The zero-order valence-corrected chi connectivity index (χ0v) is 21.3. The van der Waals surface area contributed by atoms with E-state index in [1.807, 2.05) is 30.3 Å². The number of ether oxygens (including phenoxy) is 1. The summed E-state index contributed by atoms with van der Waals surface area (Å²) < 4.78 is 23.7. The van der Waals surface area contributed by atoms with Gasteiger partial charge >= 0.3 is 6.03 Å². The van der Waals surface area contributed by atoms with Crippen LogP contribution in [0.3, 0.4) is 0 Å². The topological polar surface area (TPSA) is 119 Å². The molecule has 0 saturated carbocycles. The molecule has 1 aromatic heterocycles. The first-order chi connectivity index (χ1) is 17.4. The molecule has 0 saturated heterocycles. The van der Waals surface area contributed by atoms with Crippen molar-refractivity contribution in [3.8, 4) is 5.75 Å². The Balaban J connectivity index is 1.43. The summed E-state index contributed by atoms with van der Waals surface area (Å²) in [5.74, 6) is 0.343. The third-order valence-electron chi connectivity index (χ3n) is 5.40. The molecule has 0 aliphatic carbocycles. The van der Waals surface area contributed by atoms with E-state index >= 15 is 0 Å². The van der Waals surface area contributed by atoms with E-state index in [1.165, 1.54) is 16.2 Å². The molecule has 0 radical (unpaired) electrons. The Morgan fingerprint density at radius 3 is 2.58 bits per heavy atom. The smallest absolute Gasteiger partial charge is 0.358 e. The minimum absolute atomic E-state index is 0.260. The van der Waals surface area contributed by atoms with Gasteiger partial charge in [-0.2, -0.15) is 4.72 Å². The van der Waals surface area contributed by atoms with Gasteiger partial charge in [0.15, 0.2) is 11.5 Å². The van der Waals surface area contributed by atoms with Crippen LogP contribution in [-0.4, -0.2) is 41.7 Å². The van der Waals surface area contributed by atoms with Gasteiger partial charge in [-0.1, -0.05) is 30.3 Å². The molecule has 2 atom stereocenters. The fourth-order valence-electron chi connectivity index (χ4n) is 3.54. The van der Waals surface area contributed by atoms with E-state index in [9.17, 15) is 14.1 Å². The van der Waals surface area contributed by atoms with Gasteiger partial charge in [-0.05, 0) is 48.0 Å². The van der Waals surface area contributed by atoms with Crippen LogP contribution >= 0.6 is 11.3 Å². The van der Waals surface area contributed by atoms with Crippen LogP contribution < -0.4 is 24.4 Å². The molecule has 186 valence electrons. The summed E-state index contributed by atoms with van der Waals surface area (Å²) in [6.45, 7) is 0. The number of carbonyl (C=O) groups excluding carboxylic acids is 2. The Kier molecular flexibility index (Phi) is 8.26. The van der Waals surface area contributed by atoms with Crippen molar-refractivity contribution in [3.05, 3.63) is 83.9 Å². The lowest BCUT2D eigenvalue weighted by molar-refractivity contribution is -0.120. The molecule has 3 amide bonds. The van der Waals surface area contributed by atoms with Crippen LogP contribution in [-0.2, 0) is 22.8 Å². The molecule has 0 aliphatic rings. The van der Waals surface area contributed by atoms with Gasteiger partial charge in [0.25, 0.3) is 0 Å². The Labute approximate surface area is 215 Å². The second kappa shape index (κ2) is 11.8. The van der Waals surface area contributed by atoms with Gasteiger partial charge in [0.2, 0.25) is 5.91 Å². The van der Waals surface area contributed by atoms with Crippen molar-refractivity contribution in [2.24, 2.45) is 0 Å². The number of benzene rings is 3. The third-order valence-corrected chi connectivity index (χ3v) is 6.99. The summed E-state index contributed by atoms with van der Waals surface area (Å²) in [5, 5.41) is 2.67. The predicted molar refractivity (Wildman–Crippen MR) is 143 cm³/mol. The van der Waals surface area contributed by atoms with Crippen molar-refractivity contribution in [2.45, 2.75) is 12.5 Å². The quantitative estimate of drug-likeness (QED) is 0.287. The number of anilines is 2. The minimum Gasteiger partial charge on any atom is -0.568 e. The maximum absolute atomic E-state index is 13.4. The molecule has 3 aromatic carbocycles. The molecule has 0 spiro atoms. The number of hydrogen-bond acceptors (Lipinski definition) is 7. The molecule has 1 unspecified atom stereocenters. The Hall–Kier alpha value is -3.80. The first-order valence-electron chi connectivity index (χ1n) is 11.0. The number of nitrogens with zero attached hydrogens (tertiary/aromatic N) is 2. The van der Waals surface area contributed by atoms with E-state index in [0.717, 1.165) is 15.8 Å². The number of amides is 3. The number of likely N-dealkylation sites (N-methyl/N-ethyl adjacent to an activating group) is 1. The van der Waals surface area contributed by atoms with Crippen LogP contribution in [0.25, 0.3) is 10.2 Å². The largest absolute Gasteiger partial charge is 0.568 e. The highest BCUT2D eigenvalue weighted by Gasteiger charge is 2.27. The minimum atomic E-state index is -1.93. The molecule has 0 fully saturated rings. The molecular weight excluding hydrogens is 498 g/mol. The molecule has 3 N–H and O–H groups in total. The summed E-state index contributed by atoms with van der Waals surface area (Å²) in [7, 11) is 3.20. The zero-order chi connectivity index (χ0) is 25.5. The van der Waals surface area contributed by atoms with Crippen LogP contribution in [0.2, 0.25) is 0 Å². The van der Waals surface area contributed by atoms with Crippen molar-refractivity contribution in [3.63, 3.8) is 0 Å². The second-order valence-corrected chi connectivity index (χ2v) is 9.65. The monoisotopic (exact) mass is 523 g/mol. The normalized spacial score (nSPS) is 12.4. The maximum atomic E-state index is 13.4. The molecule has 11 heteroatoms. The van der Waals surface area contributed by atoms with Crippen molar-refractivity contribution < 1.29 is 18.9 Å². The molecular formula is C25H25N5O4S2. The number of nitrogens with one attached hydrogen (secondary N) is 3.